The van der Waals surface area contributed by atoms with Crippen LogP contribution >= 0.6 is 0 Å². The summed E-state index contributed by atoms with van der Waals surface area (Å²) in [5.74, 6) is 0.398. The number of methoxy groups -OCH3 is 2. The fourth-order valence-corrected chi connectivity index (χ4v) is 1.82. The van der Waals surface area contributed by atoms with Crippen molar-refractivity contribution in [3.63, 3.8) is 0 Å². The third-order valence-corrected chi connectivity index (χ3v) is 2.72. The lowest BCUT2D eigenvalue weighted by Crippen LogP contribution is -2.02. The number of carboxylic acid groups (broad SMARTS) is 1. The quantitative estimate of drug-likeness (QED) is 0.773. The Hall–Kier alpha value is -1.75. The minimum atomic E-state index is -0.826. The van der Waals surface area contributed by atoms with E-state index in [-0.39, 0.29) is 13.0 Å². The van der Waals surface area contributed by atoms with Gasteiger partial charge < -0.3 is 19.7 Å². The van der Waals surface area contributed by atoms with Crippen LogP contribution in [0.15, 0.2) is 12.1 Å². The molecule has 0 unspecified atom stereocenters. The number of hydrogen-bond donors (Lipinski definition) is 2. The number of aliphatic hydroxyl groups is 1. The van der Waals surface area contributed by atoms with E-state index in [2.05, 4.69) is 0 Å². The summed E-state index contributed by atoms with van der Waals surface area (Å²) in [6.07, 6.45) is 1.15. The minimum absolute atomic E-state index is 0.0973. The highest BCUT2D eigenvalue weighted by atomic mass is 16.5. The Balaban J connectivity index is 2.95. The SMILES string of the molecule is COc1cc(CO)c(CCCC(=O)O)c(OC)c1. The van der Waals surface area contributed by atoms with E-state index in [1.54, 1.807) is 19.2 Å². The number of carbonyl (C=O) groups is 1. The first kappa shape index (κ1) is 14.3. The van der Waals surface area contributed by atoms with E-state index in [1.807, 2.05) is 0 Å². The zero-order chi connectivity index (χ0) is 13.5. The first-order chi connectivity index (χ1) is 8.62. The van der Waals surface area contributed by atoms with E-state index >= 15 is 0 Å². The summed E-state index contributed by atoms with van der Waals surface area (Å²) in [4.78, 5) is 10.5. The predicted molar refractivity (Wildman–Crippen MR) is 66.0 cm³/mol. The number of hydrogen-bond acceptors (Lipinski definition) is 4. The molecule has 0 aliphatic rings. The molecule has 0 atom stereocenters. The van der Waals surface area contributed by atoms with Gasteiger partial charge in [-0.25, -0.2) is 0 Å². The molecule has 100 valence electrons. The maximum Gasteiger partial charge on any atom is 0.303 e. The van der Waals surface area contributed by atoms with E-state index < -0.39 is 5.97 Å². The van der Waals surface area contributed by atoms with Crippen molar-refractivity contribution in [1.29, 1.82) is 0 Å². The van der Waals surface area contributed by atoms with Gasteiger partial charge in [-0.3, -0.25) is 4.79 Å². The fourth-order valence-electron chi connectivity index (χ4n) is 1.82. The highest BCUT2D eigenvalue weighted by Crippen LogP contribution is 2.30. The molecule has 18 heavy (non-hydrogen) atoms. The molecule has 5 nitrogen and oxygen atoms in total. The summed E-state index contributed by atoms with van der Waals surface area (Å²) < 4.78 is 10.4. The summed E-state index contributed by atoms with van der Waals surface area (Å²) >= 11 is 0. The summed E-state index contributed by atoms with van der Waals surface area (Å²) in [6.45, 7) is -0.129. The average Bonchev–Trinajstić information content (AvgIpc) is 2.37. The van der Waals surface area contributed by atoms with Crippen molar-refractivity contribution in [2.45, 2.75) is 25.9 Å². The molecule has 0 aliphatic carbocycles. The highest BCUT2D eigenvalue weighted by molar-refractivity contribution is 5.66. The number of carboxylic acids is 1. The van der Waals surface area contributed by atoms with Gasteiger partial charge in [-0.1, -0.05) is 0 Å². The van der Waals surface area contributed by atoms with Crippen LogP contribution in [0.1, 0.15) is 24.0 Å². The molecule has 0 spiro atoms. The lowest BCUT2D eigenvalue weighted by molar-refractivity contribution is -0.137. The molecule has 0 amide bonds. The lowest BCUT2D eigenvalue weighted by Gasteiger charge is -2.14. The summed E-state index contributed by atoms with van der Waals surface area (Å²) in [5, 5.41) is 18.0. The van der Waals surface area contributed by atoms with E-state index in [0.29, 0.717) is 29.9 Å². The molecule has 1 aromatic rings. The van der Waals surface area contributed by atoms with E-state index in [1.165, 1.54) is 7.11 Å². The highest BCUT2D eigenvalue weighted by Gasteiger charge is 2.12. The van der Waals surface area contributed by atoms with Gasteiger partial charge in [0.25, 0.3) is 0 Å². The van der Waals surface area contributed by atoms with Crippen LogP contribution in [0.2, 0.25) is 0 Å². The Morgan fingerprint density at radius 3 is 2.50 bits per heavy atom. The van der Waals surface area contributed by atoms with Crippen molar-refractivity contribution in [2.75, 3.05) is 14.2 Å². The first-order valence-electron chi connectivity index (χ1n) is 5.68. The van der Waals surface area contributed by atoms with Gasteiger partial charge >= 0.3 is 5.97 Å². The summed E-state index contributed by atoms with van der Waals surface area (Å²) in [5.41, 5.74) is 1.54. The molecule has 2 N–H and O–H groups in total. The molecule has 0 saturated heterocycles. The Kier molecular flexibility index (Phi) is 5.45. The van der Waals surface area contributed by atoms with Gasteiger partial charge in [0.05, 0.1) is 20.8 Å². The van der Waals surface area contributed by atoms with Crippen LogP contribution in [0, 0.1) is 0 Å². The molecule has 0 bridgehead atoms. The molecule has 0 aliphatic heterocycles. The molecule has 1 rings (SSSR count). The summed E-state index contributed by atoms with van der Waals surface area (Å²) in [6, 6.07) is 3.47. The van der Waals surface area contributed by atoms with E-state index in [0.717, 1.165) is 5.56 Å². The van der Waals surface area contributed by atoms with Crippen molar-refractivity contribution in [3.05, 3.63) is 23.3 Å². The zero-order valence-corrected chi connectivity index (χ0v) is 10.6. The average molecular weight is 254 g/mol. The maximum atomic E-state index is 10.5. The van der Waals surface area contributed by atoms with Gasteiger partial charge in [0, 0.05) is 12.5 Å². The van der Waals surface area contributed by atoms with Gasteiger partial charge in [-0.15, -0.1) is 0 Å². The van der Waals surface area contributed by atoms with Crippen LogP contribution in [0.5, 0.6) is 11.5 Å². The predicted octanol–water partition coefficient (Wildman–Crippen LogP) is 1.60. The van der Waals surface area contributed by atoms with Crippen LogP contribution in [0.3, 0.4) is 0 Å². The first-order valence-corrected chi connectivity index (χ1v) is 5.68. The standard InChI is InChI=1S/C13H18O5/c1-17-10-6-9(8-14)11(12(7-10)18-2)4-3-5-13(15)16/h6-7,14H,3-5,8H2,1-2H3,(H,15,16). The molecule has 0 heterocycles. The topological polar surface area (TPSA) is 76.0 Å². The van der Waals surface area contributed by atoms with Crippen LogP contribution in [-0.2, 0) is 17.8 Å². The summed E-state index contributed by atoms with van der Waals surface area (Å²) in [7, 11) is 3.08. The van der Waals surface area contributed by atoms with Gasteiger partial charge in [-0.2, -0.15) is 0 Å². The van der Waals surface area contributed by atoms with Crippen LogP contribution < -0.4 is 9.47 Å². The van der Waals surface area contributed by atoms with Crippen molar-refractivity contribution >= 4 is 5.97 Å². The van der Waals surface area contributed by atoms with Gasteiger partial charge in [0.15, 0.2) is 0 Å². The third kappa shape index (κ3) is 3.63. The third-order valence-electron chi connectivity index (χ3n) is 2.72. The van der Waals surface area contributed by atoms with Crippen LogP contribution in [-0.4, -0.2) is 30.4 Å². The van der Waals surface area contributed by atoms with E-state index in [9.17, 15) is 9.90 Å². The second kappa shape index (κ2) is 6.86. The number of ether oxygens (including phenoxy) is 2. The number of benzene rings is 1. The van der Waals surface area contributed by atoms with E-state index in [4.69, 9.17) is 14.6 Å². The molecule has 0 aromatic heterocycles. The van der Waals surface area contributed by atoms with Crippen molar-refractivity contribution in [3.8, 4) is 11.5 Å². The molecule has 0 saturated carbocycles. The Bertz CT molecular complexity index is 389. The molecular weight excluding hydrogens is 236 g/mol. The van der Waals surface area contributed by atoms with Gasteiger partial charge in [0.1, 0.15) is 11.5 Å². The van der Waals surface area contributed by atoms with Gasteiger partial charge in [0.2, 0.25) is 0 Å². The molecule has 5 heteroatoms. The minimum Gasteiger partial charge on any atom is -0.497 e. The number of aliphatic hydroxyl groups excluding tert-OH is 1. The van der Waals surface area contributed by atoms with Crippen LogP contribution in [0.25, 0.3) is 0 Å². The van der Waals surface area contributed by atoms with Crippen LogP contribution in [0.4, 0.5) is 0 Å². The lowest BCUT2D eigenvalue weighted by atomic mass is 10.0. The van der Waals surface area contributed by atoms with Gasteiger partial charge in [-0.05, 0) is 30.0 Å². The molecule has 1 aromatic carbocycles. The van der Waals surface area contributed by atoms with Crippen molar-refractivity contribution < 1.29 is 24.5 Å². The van der Waals surface area contributed by atoms with Crippen molar-refractivity contribution in [2.24, 2.45) is 0 Å². The molecular formula is C13H18O5. The Labute approximate surface area is 106 Å². The maximum absolute atomic E-state index is 10.5. The van der Waals surface area contributed by atoms with Crippen molar-refractivity contribution in [1.82, 2.24) is 0 Å². The molecule has 0 radical (unpaired) electrons. The Morgan fingerprint density at radius 2 is 2.00 bits per heavy atom. The number of rotatable bonds is 7. The monoisotopic (exact) mass is 254 g/mol. The number of aliphatic carboxylic acids is 1. The second-order valence-electron chi connectivity index (χ2n) is 3.87. The largest absolute Gasteiger partial charge is 0.497 e. The normalized spacial score (nSPS) is 10.2. The smallest absolute Gasteiger partial charge is 0.303 e. The Morgan fingerprint density at radius 1 is 1.28 bits per heavy atom. The fraction of sp³-hybridized carbons (Fsp3) is 0.462. The molecule has 0 fully saturated rings. The second-order valence-corrected chi connectivity index (χ2v) is 3.87. The zero-order valence-electron chi connectivity index (χ0n) is 10.6.